The Labute approximate surface area is 136 Å². The minimum Gasteiger partial charge on any atom is -0.341 e. The Kier molecular flexibility index (Phi) is 6.10. The summed E-state index contributed by atoms with van der Waals surface area (Å²) in [6, 6.07) is 5.73. The maximum absolute atomic E-state index is 13.3. The van der Waals surface area contributed by atoms with Gasteiger partial charge < -0.3 is 15.1 Å². The van der Waals surface area contributed by atoms with E-state index in [1.54, 1.807) is 11.0 Å². The molecule has 1 aliphatic rings. The molecular weight excluding hydrogens is 297 g/mol. The molecule has 1 aromatic carbocycles. The van der Waals surface area contributed by atoms with Crippen LogP contribution in [0.2, 0.25) is 0 Å². The highest BCUT2D eigenvalue weighted by molar-refractivity contribution is 5.94. The van der Waals surface area contributed by atoms with E-state index in [-0.39, 0.29) is 17.7 Å². The maximum Gasteiger partial charge on any atom is 0.254 e. The highest BCUT2D eigenvalue weighted by Crippen LogP contribution is 2.12. The van der Waals surface area contributed by atoms with Gasteiger partial charge in [0.25, 0.3) is 5.91 Å². The molecule has 126 valence electrons. The third-order valence-electron chi connectivity index (χ3n) is 4.10. The molecule has 1 heterocycles. The van der Waals surface area contributed by atoms with Gasteiger partial charge in [-0.15, -0.1) is 0 Å². The van der Waals surface area contributed by atoms with Crippen LogP contribution in [-0.2, 0) is 4.79 Å². The molecule has 0 bridgehead atoms. The lowest BCUT2D eigenvalue weighted by molar-refractivity contribution is -0.134. The van der Waals surface area contributed by atoms with E-state index < -0.39 is 5.82 Å². The molecule has 0 spiro atoms. The van der Waals surface area contributed by atoms with Gasteiger partial charge in [0, 0.05) is 44.2 Å². The zero-order valence-electron chi connectivity index (χ0n) is 13.7. The van der Waals surface area contributed by atoms with Crippen LogP contribution < -0.4 is 5.32 Å². The number of carbonyl (C=O) groups is 2. The van der Waals surface area contributed by atoms with Crippen molar-refractivity contribution >= 4 is 11.8 Å². The lowest BCUT2D eigenvalue weighted by Crippen LogP contribution is -2.41. The topological polar surface area (TPSA) is 52.7 Å². The maximum atomic E-state index is 13.3. The van der Waals surface area contributed by atoms with Gasteiger partial charge in [0.05, 0.1) is 0 Å². The van der Waals surface area contributed by atoms with Crippen molar-refractivity contribution in [2.45, 2.75) is 13.3 Å². The van der Waals surface area contributed by atoms with E-state index in [9.17, 15) is 14.0 Å². The quantitative estimate of drug-likeness (QED) is 0.911. The predicted molar refractivity (Wildman–Crippen MR) is 86.6 cm³/mol. The Morgan fingerprint density at radius 2 is 1.91 bits per heavy atom. The molecule has 0 saturated carbocycles. The first-order valence-electron chi connectivity index (χ1n) is 8.01. The fourth-order valence-electron chi connectivity index (χ4n) is 2.85. The number of amides is 2. The van der Waals surface area contributed by atoms with Crippen molar-refractivity contribution in [3.8, 4) is 0 Å². The van der Waals surface area contributed by atoms with Crippen LogP contribution in [-0.4, -0.2) is 61.4 Å². The molecule has 0 aliphatic carbocycles. The van der Waals surface area contributed by atoms with Gasteiger partial charge in [-0.2, -0.15) is 0 Å². The summed E-state index contributed by atoms with van der Waals surface area (Å²) < 4.78 is 13.3. The first-order valence-corrected chi connectivity index (χ1v) is 8.01. The largest absolute Gasteiger partial charge is 0.341 e. The van der Waals surface area contributed by atoms with Gasteiger partial charge in [0.1, 0.15) is 5.82 Å². The van der Waals surface area contributed by atoms with Gasteiger partial charge in [-0.3, -0.25) is 9.59 Å². The van der Waals surface area contributed by atoms with E-state index in [0.717, 1.165) is 6.42 Å². The second-order valence-corrected chi connectivity index (χ2v) is 5.94. The summed E-state index contributed by atoms with van der Waals surface area (Å²) in [6.45, 7) is 4.78. The predicted octanol–water partition coefficient (Wildman–Crippen LogP) is 1.36. The summed E-state index contributed by atoms with van der Waals surface area (Å²) in [5.41, 5.74) is 0.355. The van der Waals surface area contributed by atoms with Gasteiger partial charge in [-0.25, -0.2) is 4.39 Å². The van der Waals surface area contributed by atoms with E-state index in [0.29, 0.717) is 38.3 Å². The minimum absolute atomic E-state index is 0.0783. The van der Waals surface area contributed by atoms with Crippen LogP contribution in [0.25, 0.3) is 0 Å². The molecule has 2 amide bonds. The van der Waals surface area contributed by atoms with Crippen molar-refractivity contribution in [2.24, 2.45) is 5.92 Å². The highest BCUT2D eigenvalue weighted by Gasteiger charge is 2.25. The van der Waals surface area contributed by atoms with Crippen LogP contribution in [0.4, 0.5) is 4.39 Å². The molecule has 0 aromatic heterocycles. The zero-order valence-corrected chi connectivity index (χ0v) is 13.7. The SMILES string of the molecule is CNCC(C)C(=O)N1CCCN(C(=O)c2cccc(F)c2)CC1. The third kappa shape index (κ3) is 4.51. The van der Waals surface area contributed by atoms with Crippen LogP contribution in [0.1, 0.15) is 23.7 Å². The van der Waals surface area contributed by atoms with E-state index in [1.165, 1.54) is 18.2 Å². The lowest BCUT2D eigenvalue weighted by Gasteiger charge is -2.24. The van der Waals surface area contributed by atoms with E-state index in [2.05, 4.69) is 5.32 Å². The molecule has 23 heavy (non-hydrogen) atoms. The molecule has 2 rings (SSSR count). The number of nitrogens with zero attached hydrogens (tertiary/aromatic N) is 2. The van der Waals surface area contributed by atoms with Crippen molar-refractivity contribution in [1.29, 1.82) is 0 Å². The number of hydrogen-bond acceptors (Lipinski definition) is 3. The molecule has 0 radical (unpaired) electrons. The van der Waals surface area contributed by atoms with Crippen LogP contribution >= 0.6 is 0 Å². The molecule has 5 nitrogen and oxygen atoms in total. The first kappa shape index (κ1) is 17.4. The summed E-state index contributed by atoms with van der Waals surface area (Å²) in [7, 11) is 1.82. The number of benzene rings is 1. The van der Waals surface area contributed by atoms with Crippen molar-refractivity contribution in [2.75, 3.05) is 39.8 Å². The molecule has 1 unspecified atom stereocenters. The van der Waals surface area contributed by atoms with Crippen LogP contribution in [0.15, 0.2) is 24.3 Å². The number of hydrogen-bond donors (Lipinski definition) is 1. The summed E-state index contributed by atoms with van der Waals surface area (Å²) in [5.74, 6) is -0.560. The van der Waals surface area contributed by atoms with E-state index in [4.69, 9.17) is 0 Å². The normalized spacial score (nSPS) is 16.8. The summed E-state index contributed by atoms with van der Waals surface area (Å²) in [6.07, 6.45) is 0.735. The molecule has 1 aromatic rings. The van der Waals surface area contributed by atoms with Crippen LogP contribution in [0, 0.1) is 11.7 Å². The van der Waals surface area contributed by atoms with Gasteiger partial charge >= 0.3 is 0 Å². The minimum atomic E-state index is -0.414. The third-order valence-corrected chi connectivity index (χ3v) is 4.10. The summed E-state index contributed by atoms with van der Waals surface area (Å²) in [5, 5.41) is 3.01. The lowest BCUT2D eigenvalue weighted by atomic mass is 10.1. The number of halogens is 1. The Bertz CT molecular complexity index is 565. The molecule has 1 atom stereocenters. The van der Waals surface area contributed by atoms with E-state index in [1.807, 2.05) is 18.9 Å². The van der Waals surface area contributed by atoms with E-state index >= 15 is 0 Å². The summed E-state index contributed by atoms with van der Waals surface area (Å²) in [4.78, 5) is 28.3. The second kappa shape index (κ2) is 8.06. The van der Waals surface area contributed by atoms with Gasteiger partial charge in [-0.1, -0.05) is 13.0 Å². The van der Waals surface area contributed by atoms with Crippen LogP contribution in [0.3, 0.4) is 0 Å². The Morgan fingerprint density at radius 1 is 1.22 bits per heavy atom. The molecule has 1 N–H and O–H groups in total. The number of rotatable bonds is 4. The fraction of sp³-hybridized carbons (Fsp3) is 0.529. The Hall–Kier alpha value is -1.95. The summed E-state index contributed by atoms with van der Waals surface area (Å²) >= 11 is 0. The van der Waals surface area contributed by atoms with Crippen molar-refractivity contribution < 1.29 is 14.0 Å². The van der Waals surface area contributed by atoms with Crippen molar-refractivity contribution in [3.63, 3.8) is 0 Å². The first-order chi connectivity index (χ1) is 11.0. The number of nitrogens with one attached hydrogen (secondary N) is 1. The zero-order chi connectivity index (χ0) is 16.8. The smallest absolute Gasteiger partial charge is 0.254 e. The highest BCUT2D eigenvalue weighted by atomic mass is 19.1. The molecule has 1 aliphatic heterocycles. The molecular formula is C17H24FN3O2. The van der Waals surface area contributed by atoms with Gasteiger partial charge in [0.2, 0.25) is 5.91 Å². The molecule has 1 fully saturated rings. The average Bonchev–Trinajstić information content (AvgIpc) is 2.79. The number of carbonyl (C=O) groups excluding carboxylic acids is 2. The van der Waals surface area contributed by atoms with Crippen molar-refractivity contribution in [1.82, 2.24) is 15.1 Å². The van der Waals surface area contributed by atoms with Gasteiger partial charge in [-0.05, 0) is 31.7 Å². The van der Waals surface area contributed by atoms with Crippen molar-refractivity contribution in [3.05, 3.63) is 35.6 Å². The fourth-order valence-corrected chi connectivity index (χ4v) is 2.85. The van der Waals surface area contributed by atoms with Gasteiger partial charge in [0.15, 0.2) is 0 Å². The monoisotopic (exact) mass is 321 g/mol. The standard InChI is InChI=1S/C17H24FN3O2/c1-13(12-19-2)16(22)20-7-4-8-21(10-9-20)17(23)14-5-3-6-15(18)11-14/h3,5-6,11,13,19H,4,7-10,12H2,1-2H3. The molecule has 1 saturated heterocycles. The van der Waals surface area contributed by atoms with Crippen LogP contribution in [0.5, 0.6) is 0 Å². The average molecular weight is 321 g/mol. The second-order valence-electron chi connectivity index (χ2n) is 5.94. The molecule has 6 heteroatoms. The Morgan fingerprint density at radius 3 is 2.61 bits per heavy atom. The Balaban J connectivity index is 1.98.